The van der Waals surface area contributed by atoms with Crippen LogP contribution in [0.25, 0.3) is 0 Å². The molecular formula is C14H12ClF3N4O2. The van der Waals surface area contributed by atoms with Gasteiger partial charge in [0.05, 0.1) is 17.1 Å². The summed E-state index contributed by atoms with van der Waals surface area (Å²) in [6.45, 7) is -0.109. The average molecular weight is 361 g/mol. The van der Waals surface area contributed by atoms with Gasteiger partial charge in [0.15, 0.2) is 5.82 Å². The Morgan fingerprint density at radius 3 is 2.79 bits per heavy atom. The number of aromatic nitrogens is 3. The van der Waals surface area contributed by atoms with Crippen molar-refractivity contribution in [1.29, 1.82) is 0 Å². The molecular weight excluding hydrogens is 349 g/mol. The average Bonchev–Trinajstić information content (AvgIpc) is 3.29. The fourth-order valence-corrected chi connectivity index (χ4v) is 2.58. The number of aromatic amines is 1. The van der Waals surface area contributed by atoms with E-state index in [9.17, 15) is 22.8 Å². The van der Waals surface area contributed by atoms with E-state index in [1.165, 1.54) is 4.57 Å². The van der Waals surface area contributed by atoms with Gasteiger partial charge in [-0.05, 0) is 25.0 Å². The van der Waals surface area contributed by atoms with E-state index < -0.39 is 34.3 Å². The van der Waals surface area contributed by atoms with E-state index in [4.69, 9.17) is 11.6 Å². The fourth-order valence-electron chi connectivity index (χ4n) is 2.33. The van der Waals surface area contributed by atoms with Crippen molar-refractivity contribution in [2.45, 2.75) is 31.9 Å². The van der Waals surface area contributed by atoms with Gasteiger partial charge in [-0.1, -0.05) is 11.6 Å². The van der Waals surface area contributed by atoms with E-state index in [2.05, 4.69) is 15.5 Å². The second-order valence-electron chi connectivity index (χ2n) is 5.38. The predicted octanol–water partition coefficient (Wildman–Crippen LogP) is 2.57. The highest BCUT2D eigenvalue weighted by Crippen LogP contribution is 2.34. The van der Waals surface area contributed by atoms with Gasteiger partial charge < -0.3 is 5.32 Å². The largest absolute Gasteiger partial charge is 0.345 e. The van der Waals surface area contributed by atoms with Crippen molar-refractivity contribution in [2.24, 2.45) is 0 Å². The van der Waals surface area contributed by atoms with Crippen molar-refractivity contribution in [3.8, 4) is 0 Å². The lowest BCUT2D eigenvalue weighted by molar-refractivity contribution is 0.0944. The van der Waals surface area contributed by atoms with Crippen LogP contribution in [0.4, 0.5) is 13.2 Å². The zero-order valence-corrected chi connectivity index (χ0v) is 12.9. The SMILES string of the molecule is O=C(NCc1n[nH]c(=O)n1C1CC1)c1cc(Cl)c(C(F)F)cc1F. The monoisotopic (exact) mass is 360 g/mol. The fraction of sp³-hybridized carbons (Fsp3) is 0.357. The first-order valence-electron chi connectivity index (χ1n) is 7.09. The Balaban J connectivity index is 1.76. The number of halogens is 4. The lowest BCUT2D eigenvalue weighted by atomic mass is 10.1. The Kier molecular flexibility index (Phi) is 4.35. The third-order valence-electron chi connectivity index (χ3n) is 3.66. The molecule has 10 heteroatoms. The maximum atomic E-state index is 13.9. The first kappa shape index (κ1) is 16.6. The second-order valence-corrected chi connectivity index (χ2v) is 5.79. The van der Waals surface area contributed by atoms with E-state index >= 15 is 0 Å². The minimum atomic E-state index is -2.94. The van der Waals surface area contributed by atoms with Crippen LogP contribution in [-0.4, -0.2) is 20.7 Å². The van der Waals surface area contributed by atoms with Crippen LogP contribution in [0.15, 0.2) is 16.9 Å². The molecule has 1 heterocycles. The summed E-state index contributed by atoms with van der Waals surface area (Å²) in [4.78, 5) is 23.7. The molecule has 0 aliphatic heterocycles. The van der Waals surface area contributed by atoms with Crippen LogP contribution >= 0.6 is 11.6 Å². The quantitative estimate of drug-likeness (QED) is 0.860. The Labute approximate surface area is 138 Å². The van der Waals surface area contributed by atoms with Crippen molar-refractivity contribution in [2.75, 3.05) is 0 Å². The first-order chi connectivity index (χ1) is 11.4. The minimum absolute atomic E-state index is 0.0552. The van der Waals surface area contributed by atoms with Gasteiger partial charge in [0.2, 0.25) is 0 Å². The molecule has 0 saturated heterocycles. The normalized spacial score (nSPS) is 14.2. The highest BCUT2D eigenvalue weighted by Gasteiger charge is 2.28. The molecule has 1 aliphatic rings. The molecule has 1 aromatic carbocycles. The first-order valence-corrected chi connectivity index (χ1v) is 7.47. The van der Waals surface area contributed by atoms with Crippen molar-refractivity contribution in [3.05, 3.63) is 50.4 Å². The molecule has 1 amide bonds. The summed E-state index contributed by atoms with van der Waals surface area (Å²) in [7, 11) is 0. The number of carbonyl (C=O) groups is 1. The van der Waals surface area contributed by atoms with Gasteiger partial charge >= 0.3 is 5.69 Å². The molecule has 0 unspecified atom stereocenters. The highest BCUT2D eigenvalue weighted by molar-refractivity contribution is 6.31. The van der Waals surface area contributed by atoms with Crippen LogP contribution in [0.5, 0.6) is 0 Å². The smallest absolute Gasteiger partial charge is 0.343 e. The van der Waals surface area contributed by atoms with E-state index in [-0.39, 0.29) is 18.3 Å². The number of alkyl halides is 2. The van der Waals surface area contributed by atoms with Gasteiger partial charge in [0.25, 0.3) is 12.3 Å². The lowest BCUT2D eigenvalue weighted by Crippen LogP contribution is -2.27. The molecule has 0 atom stereocenters. The number of carbonyl (C=O) groups excluding carboxylic acids is 1. The number of H-pyrrole nitrogens is 1. The van der Waals surface area contributed by atoms with Crippen LogP contribution in [0, 0.1) is 5.82 Å². The van der Waals surface area contributed by atoms with E-state index in [0.29, 0.717) is 11.9 Å². The lowest BCUT2D eigenvalue weighted by Gasteiger charge is -2.09. The van der Waals surface area contributed by atoms with Crippen LogP contribution in [0.3, 0.4) is 0 Å². The molecule has 2 aromatic rings. The molecule has 0 radical (unpaired) electrons. The molecule has 1 aliphatic carbocycles. The standard InChI is InChI=1S/C14H12ClF3N4O2/c15-9-3-8(10(16)4-7(9)12(17)18)13(23)19-5-11-20-21-14(24)22(11)6-1-2-6/h3-4,6,12H,1-2,5H2,(H,19,23)(H,21,24). The van der Waals surface area contributed by atoms with Crippen LogP contribution in [0.1, 0.15) is 47.1 Å². The number of nitrogens with one attached hydrogen (secondary N) is 2. The number of amides is 1. The molecule has 2 N–H and O–H groups in total. The molecule has 0 bridgehead atoms. The van der Waals surface area contributed by atoms with Crippen molar-refractivity contribution < 1.29 is 18.0 Å². The van der Waals surface area contributed by atoms with Gasteiger partial charge in [0, 0.05) is 11.6 Å². The van der Waals surface area contributed by atoms with Crippen LogP contribution in [0.2, 0.25) is 5.02 Å². The summed E-state index contributed by atoms with van der Waals surface area (Å²) in [6.07, 6.45) is -1.25. The number of hydrogen-bond donors (Lipinski definition) is 2. The third kappa shape index (κ3) is 3.16. The summed E-state index contributed by atoms with van der Waals surface area (Å²) in [6, 6.07) is 1.45. The van der Waals surface area contributed by atoms with Gasteiger partial charge in [-0.3, -0.25) is 9.36 Å². The van der Waals surface area contributed by atoms with Gasteiger partial charge in [-0.25, -0.2) is 23.1 Å². The number of benzene rings is 1. The van der Waals surface area contributed by atoms with E-state index in [1.807, 2.05) is 0 Å². The van der Waals surface area contributed by atoms with Gasteiger partial charge in [-0.2, -0.15) is 5.10 Å². The van der Waals surface area contributed by atoms with Crippen LogP contribution in [-0.2, 0) is 6.54 Å². The number of hydrogen-bond acceptors (Lipinski definition) is 3. The summed E-state index contributed by atoms with van der Waals surface area (Å²) >= 11 is 5.65. The third-order valence-corrected chi connectivity index (χ3v) is 3.99. The van der Waals surface area contributed by atoms with Crippen molar-refractivity contribution >= 4 is 17.5 Å². The van der Waals surface area contributed by atoms with Gasteiger partial charge in [0.1, 0.15) is 5.82 Å². The molecule has 1 saturated carbocycles. The molecule has 1 fully saturated rings. The van der Waals surface area contributed by atoms with Gasteiger partial charge in [-0.15, -0.1) is 0 Å². The maximum absolute atomic E-state index is 13.9. The number of rotatable bonds is 5. The zero-order valence-electron chi connectivity index (χ0n) is 12.2. The number of nitrogens with zero attached hydrogens (tertiary/aromatic N) is 2. The highest BCUT2D eigenvalue weighted by atomic mass is 35.5. The van der Waals surface area contributed by atoms with Crippen LogP contribution < -0.4 is 11.0 Å². The molecule has 3 rings (SSSR count). The Morgan fingerprint density at radius 1 is 1.46 bits per heavy atom. The molecule has 128 valence electrons. The van der Waals surface area contributed by atoms with Crippen molar-refractivity contribution in [3.63, 3.8) is 0 Å². The summed E-state index contributed by atoms with van der Waals surface area (Å²) in [5.41, 5.74) is -1.52. The molecule has 1 aromatic heterocycles. The summed E-state index contributed by atoms with van der Waals surface area (Å²) in [5, 5.41) is 8.11. The summed E-state index contributed by atoms with van der Waals surface area (Å²) < 4.78 is 40.6. The molecule has 0 spiro atoms. The Hall–Kier alpha value is -2.29. The van der Waals surface area contributed by atoms with Crippen molar-refractivity contribution in [1.82, 2.24) is 20.1 Å². The summed E-state index contributed by atoms with van der Waals surface area (Å²) in [5.74, 6) is -1.63. The predicted molar refractivity (Wildman–Crippen MR) is 78.7 cm³/mol. The molecule has 6 nitrogen and oxygen atoms in total. The Morgan fingerprint density at radius 2 is 2.17 bits per heavy atom. The maximum Gasteiger partial charge on any atom is 0.343 e. The molecule has 24 heavy (non-hydrogen) atoms. The Bertz CT molecular complexity index is 845. The topological polar surface area (TPSA) is 79.8 Å². The minimum Gasteiger partial charge on any atom is -0.345 e. The van der Waals surface area contributed by atoms with E-state index in [1.54, 1.807) is 0 Å². The second kappa shape index (κ2) is 6.31. The van der Waals surface area contributed by atoms with E-state index in [0.717, 1.165) is 18.9 Å². The zero-order chi connectivity index (χ0) is 17.4.